The van der Waals surface area contributed by atoms with Crippen LogP contribution in [0.25, 0.3) is 5.78 Å². The van der Waals surface area contributed by atoms with Gasteiger partial charge in [0.15, 0.2) is 5.69 Å². The molecule has 0 aliphatic carbocycles. The summed E-state index contributed by atoms with van der Waals surface area (Å²) in [6.07, 6.45) is -3.38. The van der Waals surface area contributed by atoms with E-state index in [0.717, 1.165) is 16.5 Å². The Bertz CT molecular complexity index is 890. The molecule has 0 aliphatic heterocycles. The van der Waals surface area contributed by atoms with Crippen LogP contribution < -0.4 is 5.32 Å². The Labute approximate surface area is 153 Å². The molecule has 0 saturated carbocycles. The van der Waals surface area contributed by atoms with Gasteiger partial charge in [0.2, 0.25) is 0 Å². The van der Waals surface area contributed by atoms with Crippen molar-refractivity contribution < 1.29 is 13.2 Å². The predicted octanol–water partition coefficient (Wildman–Crippen LogP) is 4.82. The normalized spacial score (nSPS) is 13.3. The monoisotopic (exact) mass is 381 g/mol. The zero-order valence-electron chi connectivity index (χ0n) is 14.4. The fourth-order valence-electron chi connectivity index (χ4n) is 2.47. The molecule has 0 amide bonds. The van der Waals surface area contributed by atoms with Crippen LogP contribution in [-0.4, -0.2) is 24.8 Å². The lowest BCUT2D eigenvalue weighted by Crippen LogP contribution is -2.15. The number of halogens is 3. The first-order valence-electron chi connectivity index (χ1n) is 8.05. The van der Waals surface area contributed by atoms with Gasteiger partial charge in [-0.05, 0) is 24.6 Å². The van der Waals surface area contributed by atoms with Crippen LogP contribution in [0.15, 0.2) is 41.6 Å². The first-order valence-corrected chi connectivity index (χ1v) is 8.93. The first-order chi connectivity index (χ1) is 12.2. The van der Waals surface area contributed by atoms with Gasteiger partial charge in [-0.2, -0.15) is 27.8 Å². The average molecular weight is 381 g/mol. The third-order valence-corrected chi connectivity index (χ3v) is 4.67. The molecule has 2 aromatic heterocycles. The van der Waals surface area contributed by atoms with E-state index in [9.17, 15) is 13.2 Å². The molecule has 0 saturated heterocycles. The number of rotatable bonds is 5. The third-order valence-electron chi connectivity index (χ3n) is 3.66. The average Bonchev–Trinajstić information content (AvgIpc) is 3.03. The first kappa shape index (κ1) is 18.5. The highest BCUT2D eigenvalue weighted by atomic mass is 32.2. The highest BCUT2D eigenvalue weighted by Crippen LogP contribution is 2.31. The number of aromatic nitrogens is 4. The molecule has 9 heteroatoms. The van der Waals surface area contributed by atoms with Crippen LogP contribution in [0.1, 0.15) is 38.1 Å². The van der Waals surface area contributed by atoms with Gasteiger partial charge in [0.25, 0.3) is 5.78 Å². The maximum absolute atomic E-state index is 13.1. The lowest BCUT2D eigenvalue weighted by Gasteiger charge is -2.18. The topological polar surface area (TPSA) is 55.1 Å². The van der Waals surface area contributed by atoms with Gasteiger partial charge in [-0.1, -0.05) is 26.0 Å². The zero-order valence-corrected chi connectivity index (χ0v) is 15.3. The van der Waals surface area contributed by atoms with E-state index in [4.69, 9.17) is 0 Å². The van der Waals surface area contributed by atoms with Gasteiger partial charge < -0.3 is 5.32 Å². The Morgan fingerprint density at radius 1 is 1.12 bits per heavy atom. The largest absolute Gasteiger partial charge is 0.433 e. The van der Waals surface area contributed by atoms with Gasteiger partial charge in [-0.25, -0.2) is 4.98 Å². The van der Waals surface area contributed by atoms with Crippen molar-refractivity contribution in [3.05, 3.63) is 47.9 Å². The SMILES string of the molecule is CC(C)Sc1ccc(C(C)Nc2cc(C(F)(F)F)nc3ncnn23)cc1. The van der Waals surface area contributed by atoms with Crippen molar-refractivity contribution >= 4 is 23.4 Å². The standard InChI is InChI=1S/C17H18F3N5S/c1-10(2)26-13-6-4-12(5-7-13)11(3)23-15-8-14(17(18,19)20)24-16-21-9-22-25(15)16/h4-11,23H,1-3H3. The van der Waals surface area contributed by atoms with Gasteiger partial charge in [0.05, 0.1) is 0 Å². The molecule has 0 fully saturated rings. The second kappa shape index (κ2) is 7.14. The number of fused-ring (bicyclic) bond motifs is 1. The van der Waals surface area contributed by atoms with Crippen molar-refractivity contribution in [3.63, 3.8) is 0 Å². The smallest absolute Gasteiger partial charge is 0.363 e. The van der Waals surface area contributed by atoms with Gasteiger partial charge in [0, 0.05) is 22.3 Å². The van der Waals surface area contributed by atoms with Crippen LogP contribution in [0.4, 0.5) is 19.0 Å². The van der Waals surface area contributed by atoms with Crippen LogP contribution in [0.5, 0.6) is 0 Å². The van der Waals surface area contributed by atoms with Crippen molar-refractivity contribution in [2.45, 2.75) is 43.1 Å². The minimum Gasteiger partial charge on any atom is -0.363 e. The minimum atomic E-state index is -4.55. The quantitative estimate of drug-likeness (QED) is 0.643. The molecular formula is C17H18F3N5S. The summed E-state index contributed by atoms with van der Waals surface area (Å²) in [4.78, 5) is 8.43. The molecule has 138 valence electrons. The van der Waals surface area contributed by atoms with E-state index >= 15 is 0 Å². The summed E-state index contributed by atoms with van der Waals surface area (Å²) in [5.74, 6) is 0.0890. The summed E-state index contributed by atoms with van der Waals surface area (Å²) in [6, 6.07) is 8.68. The number of hydrogen-bond acceptors (Lipinski definition) is 5. The summed E-state index contributed by atoms with van der Waals surface area (Å²) >= 11 is 1.75. The van der Waals surface area contributed by atoms with E-state index in [1.165, 1.54) is 10.8 Å². The fourth-order valence-corrected chi connectivity index (χ4v) is 3.31. The molecule has 26 heavy (non-hydrogen) atoms. The molecule has 0 radical (unpaired) electrons. The van der Waals surface area contributed by atoms with Gasteiger partial charge in [-0.15, -0.1) is 11.8 Å². The Balaban J connectivity index is 1.87. The van der Waals surface area contributed by atoms with E-state index in [-0.39, 0.29) is 17.6 Å². The Morgan fingerprint density at radius 3 is 2.42 bits per heavy atom. The lowest BCUT2D eigenvalue weighted by atomic mass is 10.1. The van der Waals surface area contributed by atoms with Crippen molar-refractivity contribution in [3.8, 4) is 0 Å². The zero-order chi connectivity index (χ0) is 18.9. The maximum Gasteiger partial charge on any atom is 0.433 e. The number of alkyl halides is 3. The van der Waals surface area contributed by atoms with Crippen molar-refractivity contribution in [2.75, 3.05) is 5.32 Å². The molecule has 0 bridgehead atoms. The van der Waals surface area contributed by atoms with Crippen LogP contribution in [0.2, 0.25) is 0 Å². The van der Waals surface area contributed by atoms with Crippen molar-refractivity contribution in [2.24, 2.45) is 0 Å². The fraction of sp³-hybridized carbons (Fsp3) is 0.353. The third kappa shape index (κ3) is 4.09. The van der Waals surface area contributed by atoms with E-state index in [0.29, 0.717) is 5.25 Å². The summed E-state index contributed by atoms with van der Waals surface area (Å²) in [7, 11) is 0. The number of nitrogens with zero attached hydrogens (tertiary/aromatic N) is 4. The van der Waals surface area contributed by atoms with Gasteiger partial charge >= 0.3 is 6.18 Å². The molecular weight excluding hydrogens is 363 g/mol. The molecule has 1 N–H and O–H groups in total. The predicted molar refractivity (Wildman–Crippen MR) is 95.3 cm³/mol. The molecule has 2 heterocycles. The van der Waals surface area contributed by atoms with Crippen LogP contribution in [0, 0.1) is 0 Å². The Kier molecular flexibility index (Phi) is 5.08. The molecule has 1 aromatic carbocycles. The summed E-state index contributed by atoms with van der Waals surface area (Å²) < 4.78 is 40.4. The van der Waals surface area contributed by atoms with Crippen molar-refractivity contribution in [1.29, 1.82) is 0 Å². The Hall–Kier alpha value is -2.29. The highest BCUT2D eigenvalue weighted by molar-refractivity contribution is 7.99. The highest BCUT2D eigenvalue weighted by Gasteiger charge is 2.34. The van der Waals surface area contributed by atoms with Crippen LogP contribution in [-0.2, 0) is 6.18 Å². The second-order valence-corrected chi connectivity index (χ2v) is 7.75. The number of thioether (sulfide) groups is 1. The van der Waals surface area contributed by atoms with E-state index < -0.39 is 11.9 Å². The number of anilines is 1. The Morgan fingerprint density at radius 2 is 1.81 bits per heavy atom. The number of benzene rings is 1. The molecule has 1 unspecified atom stereocenters. The second-order valence-electron chi connectivity index (χ2n) is 6.10. The van der Waals surface area contributed by atoms with E-state index in [1.807, 2.05) is 31.2 Å². The number of nitrogens with one attached hydrogen (secondary N) is 1. The van der Waals surface area contributed by atoms with Crippen LogP contribution >= 0.6 is 11.8 Å². The molecule has 0 aliphatic rings. The van der Waals surface area contributed by atoms with Crippen LogP contribution in [0.3, 0.4) is 0 Å². The van der Waals surface area contributed by atoms with E-state index in [2.05, 4.69) is 34.2 Å². The lowest BCUT2D eigenvalue weighted by molar-refractivity contribution is -0.141. The molecule has 5 nitrogen and oxygen atoms in total. The molecule has 3 rings (SSSR count). The molecule has 1 atom stereocenters. The number of hydrogen-bond donors (Lipinski definition) is 1. The maximum atomic E-state index is 13.1. The van der Waals surface area contributed by atoms with Crippen molar-refractivity contribution in [1.82, 2.24) is 19.6 Å². The summed E-state index contributed by atoms with van der Waals surface area (Å²) in [6.45, 7) is 6.11. The molecule has 0 spiro atoms. The summed E-state index contributed by atoms with van der Waals surface area (Å²) in [5, 5.41) is 7.50. The summed E-state index contributed by atoms with van der Waals surface area (Å²) in [5.41, 5.74) is -0.0480. The molecule has 3 aromatic rings. The minimum absolute atomic E-state index is 0.0989. The van der Waals surface area contributed by atoms with E-state index in [1.54, 1.807) is 11.8 Å². The van der Waals surface area contributed by atoms with Gasteiger partial charge in [0.1, 0.15) is 12.1 Å². The van der Waals surface area contributed by atoms with Gasteiger partial charge in [-0.3, -0.25) is 0 Å².